The van der Waals surface area contributed by atoms with Gasteiger partial charge in [-0.15, -0.1) is 0 Å². The Kier molecular flexibility index (Phi) is 2.50. The van der Waals surface area contributed by atoms with Crippen LogP contribution in [0.3, 0.4) is 0 Å². The highest BCUT2D eigenvalue weighted by Gasteiger charge is 2.20. The average molecular weight is 199 g/mol. The second-order valence-electron chi connectivity index (χ2n) is 2.69. The molecule has 0 saturated heterocycles. The topological polar surface area (TPSA) is 98.0 Å². The third kappa shape index (κ3) is 1.43. The molecular formula is C7H9N3O4. The van der Waals surface area contributed by atoms with Gasteiger partial charge < -0.3 is 0 Å². The summed E-state index contributed by atoms with van der Waals surface area (Å²) in [6, 6.07) is 0. The Bertz CT molecular complexity index is 485. The van der Waals surface area contributed by atoms with Crippen molar-refractivity contribution in [3.63, 3.8) is 0 Å². The smallest absolute Gasteiger partial charge is 0.292 e. The molecule has 0 unspecified atom stereocenters. The molecule has 0 aliphatic heterocycles. The monoisotopic (exact) mass is 199 g/mol. The number of nitrogens with zero attached hydrogens (tertiary/aromatic N) is 2. The van der Waals surface area contributed by atoms with Crippen LogP contribution in [0.15, 0.2) is 9.59 Å². The Morgan fingerprint density at radius 3 is 2.50 bits per heavy atom. The third-order valence-electron chi connectivity index (χ3n) is 1.93. The maximum atomic E-state index is 11.2. The normalized spacial score (nSPS) is 10.1. The van der Waals surface area contributed by atoms with Gasteiger partial charge >= 0.3 is 16.9 Å². The first kappa shape index (κ1) is 10.2. The zero-order valence-corrected chi connectivity index (χ0v) is 7.73. The molecule has 0 amide bonds. The third-order valence-corrected chi connectivity index (χ3v) is 1.93. The van der Waals surface area contributed by atoms with Gasteiger partial charge in [-0.3, -0.25) is 24.5 Å². The summed E-state index contributed by atoms with van der Waals surface area (Å²) in [4.78, 5) is 33.8. The van der Waals surface area contributed by atoms with Crippen LogP contribution in [0.25, 0.3) is 0 Å². The number of rotatable bonds is 2. The van der Waals surface area contributed by atoms with E-state index in [1.165, 1.54) is 6.92 Å². The van der Waals surface area contributed by atoms with E-state index in [0.29, 0.717) is 0 Å². The first-order valence-corrected chi connectivity index (χ1v) is 3.97. The Balaban J connectivity index is 3.69. The summed E-state index contributed by atoms with van der Waals surface area (Å²) in [7, 11) is 0. The van der Waals surface area contributed by atoms with Crippen molar-refractivity contribution in [2.24, 2.45) is 0 Å². The highest BCUT2D eigenvalue weighted by atomic mass is 16.6. The standard InChI is InChI=1S/C7H9N3O4/c1-3-9-4(2)5(10(13)14)6(11)8-7(9)12/h3H2,1-2H3,(H,8,11,12). The molecule has 76 valence electrons. The Hall–Kier alpha value is -1.92. The lowest BCUT2D eigenvalue weighted by molar-refractivity contribution is -0.387. The van der Waals surface area contributed by atoms with Crippen LogP contribution in [-0.4, -0.2) is 14.5 Å². The summed E-state index contributed by atoms with van der Waals surface area (Å²) >= 11 is 0. The van der Waals surface area contributed by atoms with Crippen molar-refractivity contribution in [1.29, 1.82) is 0 Å². The van der Waals surface area contributed by atoms with Gasteiger partial charge in [0.1, 0.15) is 5.69 Å². The fraction of sp³-hybridized carbons (Fsp3) is 0.429. The summed E-state index contributed by atoms with van der Waals surface area (Å²) < 4.78 is 1.14. The maximum absolute atomic E-state index is 11.2. The summed E-state index contributed by atoms with van der Waals surface area (Å²) in [5.74, 6) is 0. The minimum atomic E-state index is -0.956. The first-order chi connectivity index (χ1) is 6.49. The Morgan fingerprint density at radius 1 is 1.50 bits per heavy atom. The number of H-pyrrole nitrogens is 1. The van der Waals surface area contributed by atoms with E-state index in [4.69, 9.17) is 0 Å². The fourth-order valence-electron chi connectivity index (χ4n) is 1.26. The quantitative estimate of drug-likeness (QED) is 0.525. The second kappa shape index (κ2) is 3.44. The minimum absolute atomic E-state index is 0.0752. The van der Waals surface area contributed by atoms with Gasteiger partial charge in [-0.2, -0.15) is 0 Å². The van der Waals surface area contributed by atoms with Crippen molar-refractivity contribution in [3.05, 3.63) is 36.6 Å². The highest BCUT2D eigenvalue weighted by molar-refractivity contribution is 5.31. The van der Waals surface area contributed by atoms with Crippen LogP contribution in [-0.2, 0) is 6.54 Å². The zero-order chi connectivity index (χ0) is 10.9. The number of aromatic nitrogens is 2. The average Bonchev–Trinajstić information content (AvgIpc) is 2.02. The van der Waals surface area contributed by atoms with Crippen molar-refractivity contribution in [3.8, 4) is 0 Å². The predicted octanol–water partition coefficient (Wildman–Crippen LogP) is -0.227. The van der Waals surface area contributed by atoms with E-state index in [-0.39, 0.29) is 12.2 Å². The molecule has 1 aromatic heterocycles. The van der Waals surface area contributed by atoms with Crippen molar-refractivity contribution < 1.29 is 4.92 Å². The van der Waals surface area contributed by atoms with Gasteiger partial charge in [-0.05, 0) is 13.8 Å². The molecule has 0 fully saturated rings. The van der Waals surface area contributed by atoms with Gasteiger partial charge in [0.25, 0.3) is 0 Å². The van der Waals surface area contributed by atoms with E-state index in [0.717, 1.165) is 4.57 Å². The lowest BCUT2D eigenvalue weighted by Crippen LogP contribution is -2.32. The van der Waals surface area contributed by atoms with Crippen molar-refractivity contribution in [2.45, 2.75) is 20.4 Å². The Morgan fingerprint density at radius 2 is 2.07 bits per heavy atom. The summed E-state index contributed by atoms with van der Waals surface area (Å²) in [5.41, 5.74) is -2.08. The van der Waals surface area contributed by atoms with Gasteiger partial charge in [0.2, 0.25) is 0 Å². The van der Waals surface area contributed by atoms with Crippen LogP contribution in [0.1, 0.15) is 12.6 Å². The molecule has 1 rings (SSSR count). The van der Waals surface area contributed by atoms with E-state index in [1.54, 1.807) is 6.92 Å². The molecule has 0 atom stereocenters. The summed E-state index contributed by atoms with van der Waals surface area (Å²) in [5, 5.41) is 10.5. The van der Waals surface area contributed by atoms with E-state index in [9.17, 15) is 19.7 Å². The van der Waals surface area contributed by atoms with Crippen LogP contribution in [0, 0.1) is 17.0 Å². The number of hydrogen-bond acceptors (Lipinski definition) is 4. The molecule has 0 saturated carbocycles. The molecule has 14 heavy (non-hydrogen) atoms. The van der Waals surface area contributed by atoms with Gasteiger partial charge in [-0.25, -0.2) is 4.79 Å². The van der Waals surface area contributed by atoms with E-state index < -0.39 is 21.9 Å². The first-order valence-electron chi connectivity index (χ1n) is 3.97. The molecule has 0 bridgehead atoms. The van der Waals surface area contributed by atoms with Crippen molar-refractivity contribution in [1.82, 2.24) is 9.55 Å². The highest BCUT2D eigenvalue weighted by Crippen LogP contribution is 2.07. The number of hydrogen-bond donors (Lipinski definition) is 1. The van der Waals surface area contributed by atoms with E-state index in [2.05, 4.69) is 0 Å². The van der Waals surface area contributed by atoms with Crippen LogP contribution < -0.4 is 11.2 Å². The molecule has 0 spiro atoms. The second-order valence-corrected chi connectivity index (χ2v) is 2.69. The lowest BCUT2D eigenvalue weighted by atomic mass is 10.3. The molecule has 7 heteroatoms. The molecular weight excluding hydrogens is 190 g/mol. The van der Waals surface area contributed by atoms with Gasteiger partial charge in [0.05, 0.1) is 4.92 Å². The van der Waals surface area contributed by atoms with Gasteiger partial charge in [-0.1, -0.05) is 0 Å². The maximum Gasteiger partial charge on any atom is 0.353 e. The van der Waals surface area contributed by atoms with Crippen LogP contribution in [0.5, 0.6) is 0 Å². The molecule has 0 aliphatic carbocycles. The molecule has 1 heterocycles. The van der Waals surface area contributed by atoms with E-state index in [1.807, 2.05) is 4.98 Å². The molecule has 7 nitrogen and oxygen atoms in total. The predicted molar refractivity (Wildman–Crippen MR) is 48.4 cm³/mol. The number of nitrogens with one attached hydrogen (secondary N) is 1. The molecule has 1 N–H and O–H groups in total. The fourth-order valence-corrected chi connectivity index (χ4v) is 1.26. The molecule has 0 radical (unpaired) electrons. The molecule has 0 aromatic carbocycles. The molecule has 1 aromatic rings. The number of aromatic amines is 1. The van der Waals surface area contributed by atoms with Crippen LogP contribution >= 0.6 is 0 Å². The van der Waals surface area contributed by atoms with Crippen molar-refractivity contribution in [2.75, 3.05) is 0 Å². The van der Waals surface area contributed by atoms with Crippen LogP contribution in [0.2, 0.25) is 0 Å². The number of nitro groups is 1. The summed E-state index contributed by atoms with van der Waals surface area (Å²) in [6.45, 7) is 3.32. The van der Waals surface area contributed by atoms with Gasteiger partial charge in [0, 0.05) is 6.54 Å². The summed E-state index contributed by atoms with van der Waals surface area (Å²) in [6.07, 6.45) is 0. The zero-order valence-electron chi connectivity index (χ0n) is 7.73. The minimum Gasteiger partial charge on any atom is -0.292 e. The van der Waals surface area contributed by atoms with Crippen molar-refractivity contribution >= 4 is 5.69 Å². The molecule has 0 aliphatic rings. The SMILES string of the molecule is CCn1c(C)c([N+](=O)[O-])c(=O)[nH]c1=O. The lowest BCUT2D eigenvalue weighted by Gasteiger charge is -2.04. The van der Waals surface area contributed by atoms with Gasteiger partial charge in [0.15, 0.2) is 0 Å². The van der Waals surface area contributed by atoms with Crippen LogP contribution in [0.4, 0.5) is 5.69 Å². The van der Waals surface area contributed by atoms with E-state index >= 15 is 0 Å². The largest absolute Gasteiger partial charge is 0.353 e. The Labute approximate surface area is 78.2 Å².